The molecule has 1 saturated carbocycles. The molecule has 0 saturated heterocycles. The van der Waals surface area contributed by atoms with Crippen molar-refractivity contribution in [2.45, 2.75) is 51.3 Å². The van der Waals surface area contributed by atoms with Crippen LogP contribution in [0.25, 0.3) is 0 Å². The van der Waals surface area contributed by atoms with Crippen molar-refractivity contribution in [3.05, 3.63) is 34.9 Å². The second kappa shape index (κ2) is 4.82. The zero-order valence-corrected chi connectivity index (χ0v) is 11.2. The third-order valence-corrected chi connectivity index (χ3v) is 4.17. The lowest BCUT2D eigenvalue weighted by Gasteiger charge is -2.38. The summed E-state index contributed by atoms with van der Waals surface area (Å²) in [7, 11) is 0. The second-order valence-corrected chi connectivity index (χ2v) is 5.67. The van der Waals surface area contributed by atoms with Gasteiger partial charge in [-0.05, 0) is 50.7 Å². The van der Waals surface area contributed by atoms with Crippen molar-refractivity contribution >= 4 is 0 Å². The first-order valence-corrected chi connectivity index (χ1v) is 6.59. The third-order valence-electron chi connectivity index (χ3n) is 4.17. The third kappa shape index (κ3) is 2.94. The van der Waals surface area contributed by atoms with Crippen molar-refractivity contribution in [2.24, 2.45) is 5.92 Å². The highest BCUT2D eigenvalue weighted by Crippen LogP contribution is 2.45. The number of benzene rings is 1. The van der Waals surface area contributed by atoms with Crippen LogP contribution >= 0.6 is 0 Å². The zero-order valence-electron chi connectivity index (χ0n) is 11.2. The van der Waals surface area contributed by atoms with Gasteiger partial charge in [-0.3, -0.25) is 0 Å². The number of alkyl halides is 3. The van der Waals surface area contributed by atoms with Crippen molar-refractivity contribution in [2.75, 3.05) is 0 Å². The first-order valence-electron chi connectivity index (χ1n) is 6.59. The van der Waals surface area contributed by atoms with Gasteiger partial charge in [0.2, 0.25) is 0 Å². The van der Waals surface area contributed by atoms with Crippen LogP contribution in [0.1, 0.15) is 42.4 Å². The van der Waals surface area contributed by atoms with E-state index in [0.29, 0.717) is 0 Å². The van der Waals surface area contributed by atoms with E-state index in [2.05, 4.69) is 0 Å². The molecule has 106 valence electrons. The Morgan fingerprint density at radius 1 is 1.16 bits per heavy atom. The minimum absolute atomic E-state index is 0.00732. The maximum atomic E-state index is 12.7. The molecule has 1 aromatic rings. The molecule has 0 heterocycles. The average Bonchev–Trinajstić information content (AvgIpc) is 2.31. The Morgan fingerprint density at radius 3 is 2.26 bits per heavy atom. The fraction of sp³-hybridized carbons (Fsp3) is 0.600. The molecule has 1 N–H and O–H groups in total. The van der Waals surface area contributed by atoms with Crippen LogP contribution in [0, 0.1) is 19.8 Å². The SMILES string of the molecule is Cc1ccc(C)c(C2(O)CCC(C(F)(F)F)CC2)c1. The first-order chi connectivity index (χ1) is 8.72. The summed E-state index contributed by atoms with van der Waals surface area (Å²) in [5, 5.41) is 10.7. The van der Waals surface area contributed by atoms with Crippen LogP contribution in [-0.4, -0.2) is 11.3 Å². The van der Waals surface area contributed by atoms with Gasteiger partial charge in [-0.2, -0.15) is 13.2 Å². The summed E-state index contributed by atoms with van der Waals surface area (Å²) in [4.78, 5) is 0. The van der Waals surface area contributed by atoms with E-state index in [9.17, 15) is 18.3 Å². The van der Waals surface area contributed by atoms with E-state index in [4.69, 9.17) is 0 Å². The lowest BCUT2D eigenvalue weighted by atomic mass is 9.73. The van der Waals surface area contributed by atoms with Crippen LogP contribution in [-0.2, 0) is 5.60 Å². The first kappa shape index (κ1) is 14.4. The van der Waals surface area contributed by atoms with Crippen molar-refractivity contribution in [3.63, 3.8) is 0 Å². The van der Waals surface area contributed by atoms with Crippen LogP contribution in [0.4, 0.5) is 13.2 Å². The smallest absolute Gasteiger partial charge is 0.385 e. The fourth-order valence-electron chi connectivity index (χ4n) is 2.93. The quantitative estimate of drug-likeness (QED) is 0.810. The predicted octanol–water partition coefficient (Wildman–Crippen LogP) is 4.24. The Kier molecular flexibility index (Phi) is 3.65. The Bertz CT molecular complexity index is 457. The summed E-state index contributed by atoms with van der Waals surface area (Å²) >= 11 is 0. The molecular formula is C15H19F3O. The largest absolute Gasteiger partial charge is 0.391 e. The normalized spacial score (nSPS) is 28.4. The summed E-state index contributed by atoms with van der Waals surface area (Å²) in [6, 6.07) is 5.76. The molecule has 0 bridgehead atoms. The number of rotatable bonds is 1. The number of hydrogen-bond donors (Lipinski definition) is 1. The standard InChI is InChI=1S/C15H19F3O/c1-10-3-4-11(2)13(9-10)14(19)7-5-12(6-8-14)15(16,17)18/h3-4,9,12,19H,5-8H2,1-2H3. The Balaban J connectivity index is 2.20. The van der Waals surface area contributed by atoms with E-state index in [1.54, 1.807) is 0 Å². The molecule has 0 aliphatic heterocycles. The molecule has 0 aromatic heterocycles. The average molecular weight is 272 g/mol. The van der Waals surface area contributed by atoms with Gasteiger partial charge in [-0.1, -0.05) is 23.8 Å². The summed E-state index contributed by atoms with van der Waals surface area (Å²) in [6.45, 7) is 3.82. The summed E-state index contributed by atoms with van der Waals surface area (Å²) in [6.07, 6.45) is -3.76. The van der Waals surface area contributed by atoms with Crippen LogP contribution in [0.3, 0.4) is 0 Å². The Hall–Kier alpha value is -1.03. The molecule has 0 unspecified atom stereocenters. The van der Waals surface area contributed by atoms with E-state index in [1.807, 2.05) is 32.0 Å². The number of aryl methyl sites for hydroxylation is 2. The lowest BCUT2D eigenvalue weighted by Crippen LogP contribution is -2.36. The highest BCUT2D eigenvalue weighted by molar-refractivity contribution is 5.35. The van der Waals surface area contributed by atoms with Gasteiger partial charge in [0.1, 0.15) is 0 Å². The van der Waals surface area contributed by atoms with Crippen molar-refractivity contribution < 1.29 is 18.3 Å². The van der Waals surface area contributed by atoms with E-state index >= 15 is 0 Å². The maximum Gasteiger partial charge on any atom is 0.391 e. The molecule has 1 fully saturated rings. The van der Waals surface area contributed by atoms with E-state index < -0.39 is 17.7 Å². The van der Waals surface area contributed by atoms with E-state index in [-0.39, 0.29) is 25.7 Å². The van der Waals surface area contributed by atoms with Gasteiger partial charge >= 0.3 is 6.18 Å². The van der Waals surface area contributed by atoms with Crippen molar-refractivity contribution in [1.29, 1.82) is 0 Å². The topological polar surface area (TPSA) is 20.2 Å². The highest BCUT2D eigenvalue weighted by Gasteiger charge is 2.46. The fourth-order valence-corrected chi connectivity index (χ4v) is 2.93. The molecule has 1 nitrogen and oxygen atoms in total. The van der Waals surface area contributed by atoms with Gasteiger partial charge in [0.05, 0.1) is 11.5 Å². The highest BCUT2D eigenvalue weighted by atomic mass is 19.4. The molecule has 2 rings (SSSR count). The molecule has 1 aliphatic carbocycles. The zero-order chi connectivity index (χ0) is 14.3. The maximum absolute atomic E-state index is 12.7. The van der Waals surface area contributed by atoms with E-state index in [0.717, 1.165) is 16.7 Å². The lowest BCUT2D eigenvalue weighted by molar-refractivity contribution is -0.193. The molecule has 0 amide bonds. The summed E-state index contributed by atoms with van der Waals surface area (Å²) in [5.41, 5.74) is 1.65. The molecule has 0 radical (unpaired) electrons. The van der Waals surface area contributed by atoms with Crippen molar-refractivity contribution in [1.82, 2.24) is 0 Å². The van der Waals surface area contributed by atoms with Crippen molar-refractivity contribution in [3.8, 4) is 0 Å². The molecule has 0 atom stereocenters. The van der Waals surface area contributed by atoms with Gasteiger partial charge in [0.15, 0.2) is 0 Å². The van der Waals surface area contributed by atoms with Gasteiger partial charge in [0, 0.05) is 0 Å². The van der Waals surface area contributed by atoms with Crippen LogP contribution in [0.15, 0.2) is 18.2 Å². The molecular weight excluding hydrogens is 253 g/mol. The minimum atomic E-state index is -4.14. The van der Waals surface area contributed by atoms with E-state index in [1.165, 1.54) is 0 Å². The number of hydrogen-bond acceptors (Lipinski definition) is 1. The predicted molar refractivity (Wildman–Crippen MR) is 67.8 cm³/mol. The van der Waals surface area contributed by atoms with Crippen LogP contribution < -0.4 is 0 Å². The Labute approximate surface area is 111 Å². The number of aliphatic hydroxyl groups is 1. The molecule has 4 heteroatoms. The second-order valence-electron chi connectivity index (χ2n) is 5.67. The summed E-state index contributed by atoms with van der Waals surface area (Å²) < 4.78 is 38.0. The van der Waals surface area contributed by atoms with Gasteiger partial charge in [-0.15, -0.1) is 0 Å². The van der Waals surface area contributed by atoms with Crippen LogP contribution in [0.2, 0.25) is 0 Å². The van der Waals surface area contributed by atoms with Gasteiger partial charge in [0.25, 0.3) is 0 Å². The molecule has 19 heavy (non-hydrogen) atoms. The van der Waals surface area contributed by atoms with Gasteiger partial charge < -0.3 is 5.11 Å². The van der Waals surface area contributed by atoms with Gasteiger partial charge in [-0.25, -0.2) is 0 Å². The van der Waals surface area contributed by atoms with Crippen LogP contribution in [0.5, 0.6) is 0 Å². The molecule has 1 aromatic carbocycles. The molecule has 1 aliphatic rings. The summed E-state index contributed by atoms with van der Waals surface area (Å²) in [5.74, 6) is -1.27. The number of halogens is 3. The monoisotopic (exact) mass is 272 g/mol. The Morgan fingerprint density at radius 2 is 1.74 bits per heavy atom. The molecule has 0 spiro atoms. The minimum Gasteiger partial charge on any atom is -0.385 e.